The maximum atomic E-state index is 12.6. The molecule has 0 unspecified atom stereocenters. The molecule has 140 valence electrons. The second-order valence-electron chi connectivity index (χ2n) is 7.28. The Labute approximate surface area is 152 Å². The van der Waals surface area contributed by atoms with Crippen molar-refractivity contribution in [2.45, 2.75) is 32.2 Å². The molecule has 2 aliphatic heterocycles. The van der Waals surface area contributed by atoms with Crippen LogP contribution in [0.1, 0.15) is 24.2 Å². The van der Waals surface area contributed by atoms with Gasteiger partial charge in [0.25, 0.3) is 0 Å². The van der Waals surface area contributed by atoms with E-state index in [4.69, 9.17) is 18.9 Å². The molecule has 4 rings (SSSR count). The number of carbonyl (C=O) groups is 2. The number of benzene rings is 1. The van der Waals surface area contributed by atoms with Crippen LogP contribution in [0.15, 0.2) is 30.3 Å². The molecule has 0 spiro atoms. The maximum absolute atomic E-state index is 12.6. The van der Waals surface area contributed by atoms with E-state index in [1.807, 2.05) is 13.0 Å². The molecule has 1 aromatic rings. The van der Waals surface area contributed by atoms with Crippen LogP contribution in [0.3, 0.4) is 0 Å². The van der Waals surface area contributed by atoms with Crippen LogP contribution >= 0.6 is 0 Å². The van der Waals surface area contributed by atoms with Gasteiger partial charge in [0.1, 0.15) is 0 Å². The molecule has 3 aliphatic rings. The highest BCUT2D eigenvalue weighted by atomic mass is 16.6. The molecule has 0 aromatic heterocycles. The van der Waals surface area contributed by atoms with Gasteiger partial charge < -0.3 is 18.9 Å². The van der Waals surface area contributed by atoms with Crippen LogP contribution < -0.4 is 0 Å². The van der Waals surface area contributed by atoms with Crippen molar-refractivity contribution in [2.24, 2.45) is 23.7 Å². The Morgan fingerprint density at radius 2 is 1.88 bits per heavy atom. The van der Waals surface area contributed by atoms with Gasteiger partial charge in [-0.1, -0.05) is 25.1 Å². The van der Waals surface area contributed by atoms with Crippen molar-refractivity contribution in [2.75, 3.05) is 19.8 Å². The molecule has 0 radical (unpaired) electrons. The Morgan fingerprint density at radius 3 is 2.54 bits per heavy atom. The van der Waals surface area contributed by atoms with Crippen molar-refractivity contribution in [1.29, 1.82) is 0 Å². The second kappa shape index (κ2) is 7.00. The van der Waals surface area contributed by atoms with Crippen LogP contribution in [-0.2, 0) is 23.7 Å². The lowest BCUT2D eigenvalue weighted by Crippen LogP contribution is -2.48. The summed E-state index contributed by atoms with van der Waals surface area (Å²) in [7, 11) is 0. The van der Waals surface area contributed by atoms with Crippen LogP contribution in [0.5, 0.6) is 0 Å². The molecule has 7 atom stereocenters. The number of esters is 2. The van der Waals surface area contributed by atoms with E-state index < -0.39 is 0 Å². The molecular formula is C20H24O6. The van der Waals surface area contributed by atoms with E-state index in [0.29, 0.717) is 18.8 Å². The molecule has 0 N–H and O–H groups in total. The summed E-state index contributed by atoms with van der Waals surface area (Å²) in [5.74, 6) is -1.02. The molecule has 1 saturated carbocycles. The summed E-state index contributed by atoms with van der Waals surface area (Å²) in [6.07, 6.45) is 0.234. The summed E-state index contributed by atoms with van der Waals surface area (Å²) >= 11 is 0. The Balaban J connectivity index is 1.52. The van der Waals surface area contributed by atoms with Gasteiger partial charge in [-0.2, -0.15) is 0 Å². The van der Waals surface area contributed by atoms with E-state index in [9.17, 15) is 9.59 Å². The fourth-order valence-electron chi connectivity index (χ4n) is 4.38. The second-order valence-corrected chi connectivity index (χ2v) is 7.28. The molecule has 0 bridgehead atoms. The quantitative estimate of drug-likeness (QED) is 0.571. The van der Waals surface area contributed by atoms with Crippen molar-refractivity contribution in [1.82, 2.24) is 0 Å². The van der Waals surface area contributed by atoms with Gasteiger partial charge in [-0.15, -0.1) is 0 Å². The zero-order chi connectivity index (χ0) is 18.3. The molecule has 6 heteroatoms. The highest BCUT2D eigenvalue weighted by molar-refractivity contribution is 5.89. The molecule has 1 aromatic carbocycles. The molecule has 2 heterocycles. The van der Waals surface area contributed by atoms with Crippen molar-refractivity contribution < 1.29 is 28.5 Å². The van der Waals surface area contributed by atoms with Crippen molar-refractivity contribution in [3.8, 4) is 0 Å². The summed E-state index contributed by atoms with van der Waals surface area (Å²) in [5.41, 5.74) is 0.504. The van der Waals surface area contributed by atoms with Gasteiger partial charge in [-0.25, -0.2) is 4.79 Å². The zero-order valence-corrected chi connectivity index (χ0v) is 15.0. The molecule has 3 fully saturated rings. The van der Waals surface area contributed by atoms with E-state index in [0.717, 1.165) is 0 Å². The molecule has 26 heavy (non-hydrogen) atoms. The lowest BCUT2D eigenvalue weighted by Gasteiger charge is -2.37. The first-order chi connectivity index (χ1) is 12.6. The highest BCUT2D eigenvalue weighted by Crippen LogP contribution is 2.53. The van der Waals surface area contributed by atoms with Gasteiger partial charge in [-0.3, -0.25) is 4.79 Å². The first kappa shape index (κ1) is 17.5. The van der Waals surface area contributed by atoms with Crippen molar-refractivity contribution in [3.05, 3.63) is 35.9 Å². The topological polar surface area (TPSA) is 77.7 Å². The average Bonchev–Trinajstić information content (AvgIpc) is 3.54. The normalized spacial score (nSPS) is 37.4. The lowest BCUT2D eigenvalue weighted by atomic mass is 9.66. The molecule has 6 nitrogen and oxygen atoms in total. The minimum Gasteiger partial charge on any atom is -0.466 e. The van der Waals surface area contributed by atoms with Crippen LogP contribution in [0.4, 0.5) is 0 Å². The summed E-state index contributed by atoms with van der Waals surface area (Å²) in [5, 5.41) is 0. The molecule has 2 saturated heterocycles. The van der Waals surface area contributed by atoms with Crippen LogP contribution in [0.25, 0.3) is 0 Å². The van der Waals surface area contributed by atoms with E-state index in [-0.39, 0.29) is 60.5 Å². The summed E-state index contributed by atoms with van der Waals surface area (Å²) in [6.45, 7) is 4.98. The maximum Gasteiger partial charge on any atom is 0.338 e. The largest absolute Gasteiger partial charge is 0.466 e. The molecule has 0 amide bonds. The van der Waals surface area contributed by atoms with Gasteiger partial charge in [0.15, 0.2) is 0 Å². The number of epoxide rings is 2. The van der Waals surface area contributed by atoms with Crippen LogP contribution in [-0.4, -0.2) is 50.1 Å². The van der Waals surface area contributed by atoms with Crippen LogP contribution in [0.2, 0.25) is 0 Å². The predicted molar refractivity (Wildman–Crippen MR) is 91.4 cm³/mol. The standard InChI is InChI=1S/C20H24O6/c1-3-23-20(22)15-11(2)17-18(26-17)16(14-10-24-14)13(15)9-25-19(21)12-7-5-4-6-8-12/h4-8,11,13-18H,3,9-10H2,1-2H3/t11-,13-,14-,15+,16+,17-,18+/m0/s1. The number of hydrogen-bond donors (Lipinski definition) is 0. The molecule has 1 aliphatic carbocycles. The number of rotatable bonds is 6. The minimum absolute atomic E-state index is 0.0366. The van der Waals surface area contributed by atoms with E-state index in [2.05, 4.69) is 0 Å². The minimum atomic E-state index is -0.379. The van der Waals surface area contributed by atoms with Gasteiger partial charge in [0, 0.05) is 11.8 Å². The number of hydrogen-bond acceptors (Lipinski definition) is 6. The fraction of sp³-hybridized carbons (Fsp3) is 0.600. The number of carbonyl (C=O) groups excluding carboxylic acids is 2. The third-order valence-corrected chi connectivity index (χ3v) is 5.74. The smallest absolute Gasteiger partial charge is 0.338 e. The predicted octanol–water partition coefficient (Wildman–Crippen LogP) is 2.07. The summed E-state index contributed by atoms with van der Waals surface area (Å²) in [4.78, 5) is 25.0. The summed E-state index contributed by atoms with van der Waals surface area (Å²) < 4.78 is 22.3. The van der Waals surface area contributed by atoms with Crippen molar-refractivity contribution >= 4 is 11.9 Å². The first-order valence-corrected chi connectivity index (χ1v) is 9.27. The number of ether oxygens (including phenoxy) is 4. The lowest BCUT2D eigenvalue weighted by molar-refractivity contribution is -0.155. The fourth-order valence-corrected chi connectivity index (χ4v) is 4.38. The monoisotopic (exact) mass is 360 g/mol. The third kappa shape index (κ3) is 3.23. The average molecular weight is 360 g/mol. The van der Waals surface area contributed by atoms with Crippen molar-refractivity contribution in [3.63, 3.8) is 0 Å². The Kier molecular flexibility index (Phi) is 4.71. The third-order valence-electron chi connectivity index (χ3n) is 5.74. The van der Waals surface area contributed by atoms with Gasteiger partial charge in [-0.05, 0) is 25.0 Å². The van der Waals surface area contributed by atoms with Gasteiger partial charge in [0.05, 0.1) is 49.6 Å². The van der Waals surface area contributed by atoms with Crippen LogP contribution in [0, 0.1) is 23.7 Å². The molecular weight excluding hydrogens is 336 g/mol. The summed E-state index contributed by atoms with van der Waals surface area (Å²) in [6, 6.07) is 8.88. The van der Waals surface area contributed by atoms with E-state index >= 15 is 0 Å². The Hall–Kier alpha value is -1.92. The highest BCUT2D eigenvalue weighted by Gasteiger charge is 2.64. The Bertz CT molecular complexity index is 670. The van der Waals surface area contributed by atoms with E-state index in [1.54, 1.807) is 31.2 Å². The van der Waals surface area contributed by atoms with Gasteiger partial charge in [0.2, 0.25) is 0 Å². The Morgan fingerprint density at radius 1 is 1.15 bits per heavy atom. The zero-order valence-electron chi connectivity index (χ0n) is 15.0. The van der Waals surface area contributed by atoms with E-state index in [1.165, 1.54) is 0 Å². The first-order valence-electron chi connectivity index (χ1n) is 9.27. The SMILES string of the molecule is CCOC(=O)[C@@H]1[C@H](C)[C@@H]2O[C@@H]2[C@@H]([C@@H]2CO2)[C@H]1COC(=O)c1ccccc1. The number of fused-ring (bicyclic) bond motifs is 1. The van der Waals surface area contributed by atoms with Gasteiger partial charge >= 0.3 is 11.9 Å².